The monoisotopic (exact) mass is 324 g/mol. The van der Waals surface area contributed by atoms with Crippen LogP contribution in [0.1, 0.15) is 29.6 Å². The van der Waals surface area contributed by atoms with Gasteiger partial charge in [0.05, 0.1) is 24.3 Å². The smallest absolute Gasteiger partial charge is 0.169 e. The van der Waals surface area contributed by atoms with Gasteiger partial charge in [-0.1, -0.05) is 0 Å². The summed E-state index contributed by atoms with van der Waals surface area (Å²) in [5.41, 5.74) is 0.647. The van der Waals surface area contributed by atoms with Gasteiger partial charge in [-0.25, -0.2) is 0 Å². The van der Waals surface area contributed by atoms with Crippen LogP contribution in [0.4, 0.5) is 0 Å². The number of Topliss-reactive ketones (excluding diaryl/α,β-unsaturated/α-hetero) is 1. The summed E-state index contributed by atoms with van der Waals surface area (Å²) in [4.78, 5) is 12.6. The number of methoxy groups -OCH3 is 2. The molecule has 4 heteroatoms. The van der Waals surface area contributed by atoms with Crippen molar-refractivity contribution in [2.24, 2.45) is 17.8 Å². The van der Waals surface area contributed by atoms with Gasteiger partial charge in [0.15, 0.2) is 5.78 Å². The fraction of sp³-hybridized carbons (Fsp3) is 0.533. The topological polar surface area (TPSA) is 35.5 Å². The second-order valence-corrected chi connectivity index (χ2v) is 6.33. The lowest BCUT2D eigenvalue weighted by Gasteiger charge is -2.15. The molecule has 0 bridgehead atoms. The number of hydrogen-bond acceptors (Lipinski definition) is 3. The van der Waals surface area contributed by atoms with Crippen LogP contribution in [-0.2, 0) is 0 Å². The fourth-order valence-electron chi connectivity index (χ4n) is 3.20. The molecule has 3 rings (SSSR count). The van der Waals surface area contributed by atoms with Gasteiger partial charge < -0.3 is 9.47 Å². The normalized spacial score (nSPS) is 27.8. The van der Waals surface area contributed by atoms with Crippen molar-refractivity contribution in [1.29, 1.82) is 0 Å². The first-order chi connectivity index (χ1) is 9.13. The van der Waals surface area contributed by atoms with Gasteiger partial charge in [0.1, 0.15) is 11.5 Å². The Bertz CT molecular complexity index is 516. The second kappa shape index (κ2) is 4.82. The van der Waals surface area contributed by atoms with E-state index in [1.165, 1.54) is 6.42 Å². The number of carbonyl (C=O) groups is 1. The van der Waals surface area contributed by atoms with Crippen LogP contribution in [0.5, 0.6) is 11.5 Å². The number of ketones is 1. The highest BCUT2D eigenvalue weighted by atomic mass is 79.9. The van der Waals surface area contributed by atoms with Crippen LogP contribution in [0.25, 0.3) is 0 Å². The number of ether oxygens (including phenoxy) is 2. The molecule has 2 aliphatic carbocycles. The van der Waals surface area contributed by atoms with Crippen LogP contribution in [0.2, 0.25) is 0 Å². The Kier molecular flexibility index (Phi) is 3.29. The lowest BCUT2D eigenvalue weighted by Crippen LogP contribution is -2.14. The summed E-state index contributed by atoms with van der Waals surface area (Å²) in [7, 11) is 3.20. The molecule has 0 aliphatic heterocycles. The van der Waals surface area contributed by atoms with Crippen LogP contribution < -0.4 is 9.47 Å². The lowest BCUT2D eigenvalue weighted by atomic mass is 9.92. The average Bonchev–Trinajstić information content (AvgIpc) is 3.04. The van der Waals surface area contributed by atoms with Crippen molar-refractivity contribution >= 4 is 21.7 Å². The Labute approximate surface area is 121 Å². The summed E-state index contributed by atoms with van der Waals surface area (Å²) >= 11 is 3.42. The molecule has 19 heavy (non-hydrogen) atoms. The number of benzene rings is 1. The van der Waals surface area contributed by atoms with E-state index in [4.69, 9.17) is 9.47 Å². The molecule has 0 heterocycles. The summed E-state index contributed by atoms with van der Waals surface area (Å²) in [5, 5.41) is 0. The third-order valence-corrected chi connectivity index (χ3v) is 4.97. The number of carbonyl (C=O) groups excluding carboxylic acids is 1. The van der Waals surface area contributed by atoms with Crippen LogP contribution in [0, 0.1) is 17.8 Å². The molecule has 2 atom stereocenters. The summed E-state index contributed by atoms with van der Waals surface area (Å²) in [5.74, 6) is 3.28. The van der Waals surface area contributed by atoms with Gasteiger partial charge in [-0.05, 0) is 59.2 Å². The van der Waals surface area contributed by atoms with Gasteiger partial charge in [0.2, 0.25) is 0 Å². The van der Waals surface area contributed by atoms with Crippen molar-refractivity contribution in [3.63, 3.8) is 0 Å². The minimum absolute atomic E-state index is 0.170. The molecule has 0 spiro atoms. The van der Waals surface area contributed by atoms with E-state index in [1.807, 2.05) is 6.07 Å². The Balaban J connectivity index is 1.91. The Morgan fingerprint density at radius 3 is 2.32 bits per heavy atom. The molecule has 102 valence electrons. The average molecular weight is 325 g/mol. The van der Waals surface area contributed by atoms with Crippen molar-refractivity contribution in [2.45, 2.75) is 19.3 Å². The van der Waals surface area contributed by atoms with E-state index in [0.717, 1.165) is 29.2 Å². The summed E-state index contributed by atoms with van der Waals surface area (Å²) in [6.07, 6.45) is 3.42. The van der Waals surface area contributed by atoms with Gasteiger partial charge in [0, 0.05) is 5.92 Å². The highest BCUT2D eigenvalue weighted by Gasteiger charge is 2.48. The Morgan fingerprint density at radius 2 is 1.74 bits per heavy atom. The van der Waals surface area contributed by atoms with E-state index in [-0.39, 0.29) is 11.7 Å². The summed E-state index contributed by atoms with van der Waals surface area (Å²) < 4.78 is 11.4. The third-order valence-electron chi connectivity index (χ3n) is 4.35. The summed E-state index contributed by atoms with van der Waals surface area (Å²) in [6.45, 7) is 0. The number of fused-ring (bicyclic) bond motifs is 1. The quantitative estimate of drug-likeness (QED) is 0.792. The minimum atomic E-state index is 0.170. The molecular weight excluding hydrogens is 308 g/mol. The van der Waals surface area contributed by atoms with Crippen LogP contribution >= 0.6 is 15.9 Å². The predicted octanol–water partition coefficient (Wildman–Crippen LogP) is 3.70. The maximum Gasteiger partial charge on any atom is 0.169 e. The van der Waals surface area contributed by atoms with Crippen LogP contribution in [0.15, 0.2) is 16.6 Å². The van der Waals surface area contributed by atoms with E-state index in [9.17, 15) is 4.79 Å². The minimum Gasteiger partial charge on any atom is -0.496 e. The Morgan fingerprint density at radius 1 is 1.11 bits per heavy atom. The van der Waals surface area contributed by atoms with E-state index in [2.05, 4.69) is 15.9 Å². The zero-order valence-electron chi connectivity index (χ0n) is 11.1. The molecule has 1 aromatic carbocycles. The molecule has 0 amide bonds. The molecule has 2 fully saturated rings. The Hall–Kier alpha value is -1.03. The van der Waals surface area contributed by atoms with Gasteiger partial charge in [-0.15, -0.1) is 0 Å². The first kappa shape index (κ1) is 13.0. The zero-order chi connectivity index (χ0) is 13.6. The standard InChI is InChI=1S/C15H17BrO3/c1-18-13-7-12(16)14(19-2)6-11(13)15(17)10-4-8-3-9(8)5-10/h6-10H,3-5H2,1-2H3. The van der Waals surface area contributed by atoms with Crippen molar-refractivity contribution in [3.05, 3.63) is 22.2 Å². The lowest BCUT2D eigenvalue weighted by molar-refractivity contribution is 0.0911. The zero-order valence-corrected chi connectivity index (χ0v) is 12.7. The van der Waals surface area contributed by atoms with Crippen molar-refractivity contribution in [1.82, 2.24) is 0 Å². The molecule has 0 aromatic heterocycles. The van der Waals surface area contributed by atoms with Gasteiger partial charge >= 0.3 is 0 Å². The third kappa shape index (κ3) is 2.27. The second-order valence-electron chi connectivity index (χ2n) is 5.48. The largest absolute Gasteiger partial charge is 0.496 e. The maximum atomic E-state index is 12.6. The van der Waals surface area contributed by atoms with Crippen molar-refractivity contribution in [3.8, 4) is 11.5 Å². The molecule has 0 saturated heterocycles. The van der Waals surface area contributed by atoms with E-state index >= 15 is 0 Å². The van der Waals surface area contributed by atoms with Crippen molar-refractivity contribution < 1.29 is 14.3 Å². The molecule has 2 saturated carbocycles. The molecule has 0 N–H and O–H groups in total. The number of halogens is 1. The van der Waals surface area contributed by atoms with E-state index in [0.29, 0.717) is 17.1 Å². The fourth-order valence-corrected chi connectivity index (χ4v) is 3.69. The molecule has 1 aromatic rings. The van der Waals surface area contributed by atoms with Crippen LogP contribution in [0.3, 0.4) is 0 Å². The van der Waals surface area contributed by atoms with Gasteiger partial charge in [-0.2, -0.15) is 0 Å². The van der Waals surface area contributed by atoms with E-state index < -0.39 is 0 Å². The predicted molar refractivity (Wildman–Crippen MR) is 75.9 cm³/mol. The van der Waals surface area contributed by atoms with Gasteiger partial charge in [0.25, 0.3) is 0 Å². The first-order valence-corrected chi connectivity index (χ1v) is 7.39. The number of hydrogen-bond donors (Lipinski definition) is 0. The first-order valence-electron chi connectivity index (χ1n) is 6.59. The highest BCUT2D eigenvalue weighted by molar-refractivity contribution is 9.10. The molecule has 2 unspecified atom stereocenters. The maximum absolute atomic E-state index is 12.6. The number of rotatable bonds is 4. The van der Waals surface area contributed by atoms with Crippen molar-refractivity contribution in [2.75, 3.05) is 14.2 Å². The van der Waals surface area contributed by atoms with Crippen LogP contribution in [-0.4, -0.2) is 20.0 Å². The van der Waals surface area contributed by atoms with Gasteiger partial charge in [-0.3, -0.25) is 4.79 Å². The van der Waals surface area contributed by atoms with E-state index in [1.54, 1.807) is 20.3 Å². The summed E-state index contributed by atoms with van der Waals surface area (Å²) in [6, 6.07) is 3.59. The molecule has 3 nitrogen and oxygen atoms in total. The molecular formula is C15H17BrO3. The highest BCUT2D eigenvalue weighted by Crippen LogP contribution is 2.55. The SMILES string of the molecule is COc1cc(C(=O)C2CC3CC3C2)c(OC)cc1Br. The molecule has 2 aliphatic rings. The molecule has 0 radical (unpaired) electrons.